The number of aromatic nitrogens is 1. The van der Waals surface area contributed by atoms with E-state index in [-0.39, 0.29) is 5.69 Å². The minimum Gasteiger partial charge on any atom is -0.478 e. The molecule has 7 heteroatoms. The molecule has 0 amide bonds. The third-order valence-corrected chi connectivity index (χ3v) is 6.40. The van der Waals surface area contributed by atoms with E-state index in [0.29, 0.717) is 30.4 Å². The van der Waals surface area contributed by atoms with Gasteiger partial charge in [-0.1, -0.05) is 61.9 Å². The van der Waals surface area contributed by atoms with Crippen LogP contribution in [0.2, 0.25) is 0 Å². The van der Waals surface area contributed by atoms with E-state index in [9.17, 15) is 10.1 Å². The summed E-state index contributed by atoms with van der Waals surface area (Å²) in [6.45, 7) is 8.16. The van der Waals surface area contributed by atoms with Crippen LogP contribution in [-0.2, 0) is 13.1 Å². The topological polar surface area (TPSA) is 80.5 Å². The third kappa shape index (κ3) is 6.57. The number of hydrogen-bond acceptors (Lipinski definition) is 6. The lowest BCUT2D eigenvalue weighted by molar-refractivity contribution is -0.384. The number of unbranched alkanes of at least 4 members (excludes halogenated alkanes) is 1. The third-order valence-electron chi connectivity index (χ3n) is 6.40. The SMILES string of the molecule is CCCCOc1cc(NCc2ccc(-c3ccc(CN4CCCC4)cc3)cc2)c([N+](=O)[O-])c(C)n1. The molecule has 3 aromatic rings. The second-order valence-corrected chi connectivity index (χ2v) is 9.13. The summed E-state index contributed by atoms with van der Waals surface area (Å²) in [4.78, 5) is 18.0. The van der Waals surface area contributed by atoms with E-state index in [0.717, 1.165) is 30.5 Å². The highest BCUT2D eigenvalue weighted by Crippen LogP contribution is 2.31. The minimum absolute atomic E-state index is 0.0153. The highest BCUT2D eigenvalue weighted by Gasteiger charge is 2.21. The van der Waals surface area contributed by atoms with Gasteiger partial charge in [-0.25, -0.2) is 4.98 Å². The molecule has 1 N–H and O–H groups in total. The standard InChI is InChI=1S/C28H34N4O3/c1-3-4-17-35-27-18-26(28(32(33)34)21(2)30-27)29-19-22-7-11-24(12-8-22)25-13-9-23(10-14-25)20-31-15-5-6-16-31/h7-14,18H,3-6,15-17,19-20H2,1-2H3,(H,29,30). The number of hydrogen-bond donors (Lipinski definition) is 1. The van der Waals surface area contributed by atoms with E-state index in [1.54, 1.807) is 13.0 Å². The Hall–Kier alpha value is -3.45. The normalized spacial score (nSPS) is 13.7. The van der Waals surface area contributed by atoms with Gasteiger partial charge in [0, 0.05) is 19.2 Å². The fraction of sp³-hybridized carbons (Fsp3) is 0.393. The quantitative estimate of drug-likeness (QED) is 0.198. The summed E-state index contributed by atoms with van der Waals surface area (Å²) < 4.78 is 5.69. The van der Waals surface area contributed by atoms with Gasteiger partial charge in [-0.15, -0.1) is 0 Å². The van der Waals surface area contributed by atoms with Crippen LogP contribution < -0.4 is 10.1 Å². The summed E-state index contributed by atoms with van der Waals surface area (Å²) in [6.07, 6.45) is 4.53. The number of ether oxygens (including phenoxy) is 1. The van der Waals surface area contributed by atoms with Gasteiger partial charge in [-0.2, -0.15) is 0 Å². The Balaban J connectivity index is 1.41. The van der Waals surface area contributed by atoms with Gasteiger partial charge >= 0.3 is 5.69 Å². The van der Waals surface area contributed by atoms with Gasteiger partial charge in [0.1, 0.15) is 11.4 Å². The summed E-state index contributed by atoms with van der Waals surface area (Å²) in [5, 5.41) is 14.8. The van der Waals surface area contributed by atoms with Crippen molar-refractivity contribution in [2.45, 2.75) is 52.6 Å². The van der Waals surface area contributed by atoms with E-state index in [4.69, 9.17) is 4.74 Å². The molecule has 35 heavy (non-hydrogen) atoms. The number of anilines is 1. The van der Waals surface area contributed by atoms with Crippen LogP contribution in [0.3, 0.4) is 0 Å². The Morgan fingerprint density at radius 2 is 1.66 bits per heavy atom. The summed E-state index contributed by atoms with van der Waals surface area (Å²) in [7, 11) is 0. The first kappa shape index (κ1) is 24.7. The zero-order valence-corrected chi connectivity index (χ0v) is 20.6. The highest BCUT2D eigenvalue weighted by molar-refractivity contribution is 5.66. The van der Waals surface area contributed by atoms with Crippen LogP contribution in [0.25, 0.3) is 11.1 Å². The van der Waals surface area contributed by atoms with Gasteiger partial charge in [-0.05, 0) is 61.5 Å². The Morgan fingerprint density at radius 3 is 2.26 bits per heavy atom. The maximum atomic E-state index is 11.6. The second-order valence-electron chi connectivity index (χ2n) is 9.13. The molecule has 2 aromatic carbocycles. The molecular weight excluding hydrogens is 440 g/mol. The number of nitrogens with zero attached hydrogens (tertiary/aromatic N) is 3. The molecule has 1 aliphatic heterocycles. The molecule has 1 aliphatic rings. The van der Waals surface area contributed by atoms with Gasteiger partial charge in [0.2, 0.25) is 5.88 Å². The summed E-state index contributed by atoms with van der Waals surface area (Å²) >= 11 is 0. The van der Waals surface area contributed by atoms with Crippen molar-refractivity contribution in [2.75, 3.05) is 25.0 Å². The van der Waals surface area contributed by atoms with Crippen LogP contribution in [0.4, 0.5) is 11.4 Å². The van der Waals surface area contributed by atoms with Crippen molar-refractivity contribution in [3.8, 4) is 17.0 Å². The van der Waals surface area contributed by atoms with Crippen molar-refractivity contribution in [1.82, 2.24) is 9.88 Å². The fourth-order valence-corrected chi connectivity index (χ4v) is 4.41. The van der Waals surface area contributed by atoms with Gasteiger partial charge in [0.15, 0.2) is 0 Å². The molecule has 0 bridgehead atoms. The lowest BCUT2D eigenvalue weighted by Crippen LogP contribution is -2.18. The van der Waals surface area contributed by atoms with E-state index >= 15 is 0 Å². The Labute approximate surface area is 207 Å². The summed E-state index contributed by atoms with van der Waals surface area (Å²) in [6, 6.07) is 18.7. The highest BCUT2D eigenvalue weighted by atomic mass is 16.6. The maximum Gasteiger partial charge on any atom is 0.313 e. The molecule has 1 aromatic heterocycles. The lowest BCUT2D eigenvalue weighted by Gasteiger charge is -2.15. The molecule has 2 heterocycles. The molecule has 1 saturated heterocycles. The van der Waals surface area contributed by atoms with Crippen LogP contribution in [0.15, 0.2) is 54.6 Å². The number of likely N-dealkylation sites (tertiary alicyclic amines) is 1. The molecule has 184 valence electrons. The second kappa shape index (κ2) is 11.8. The summed E-state index contributed by atoms with van der Waals surface area (Å²) in [5.41, 5.74) is 5.48. The number of aryl methyl sites for hydroxylation is 1. The van der Waals surface area contributed by atoms with Crippen LogP contribution in [-0.4, -0.2) is 34.5 Å². The average molecular weight is 475 g/mol. The first-order chi connectivity index (χ1) is 17.0. The zero-order chi connectivity index (χ0) is 24.6. The molecule has 7 nitrogen and oxygen atoms in total. The summed E-state index contributed by atoms with van der Waals surface area (Å²) in [5.74, 6) is 0.410. The molecule has 4 rings (SSSR count). The maximum absolute atomic E-state index is 11.6. The molecule has 0 radical (unpaired) electrons. The van der Waals surface area contributed by atoms with Crippen LogP contribution in [0, 0.1) is 17.0 Å². The van der Waals surface area contributed by atoms with E-state index in [1.165, 1.54) is 37.1 Å². The number of nitrogens with one attached hydrogen (secondary N) is 1. The van der Waals surface area contributed by atoms with Crippen molar-refractivity contribution < 1.29 is 9.66 Å². The lowest BCUT2D eigenvalue weighted by atomic mass is 10.0. The molecule has 0 aliphatic carbocycles. The first-order valence-corrected chi connectivity index (χ1v) is 12.5. The average Bonchev–Trinajstić information content (AvgIpc) is 3.36. The van der Waals surface area contributed by atoms with Crippen LogP contribution >= 0.6 is 0 Å². The van der Waals surface area contributed by atoms with E-state index < -0.39 is 4.92 Å². The number of pyridine rings is 1. The number of benzene rings is 2. The largest absolute Gasteiger partial charge is 0.478 e. The van der Waals surface area contributed by atoms with Crippen molar-refractivity contribution in [3.63, 3.8) is 0 Å². The molecule has 0 saturated carbocycles. The van der Waals surface area contributed by atoms with Crippen molar-refractivity contribution in [2.24, 2.45) is 0 Å². The van der Waals surface area contributed by atoms with Gasteiger partial charge in [0.25, 0.3) is 0 Å². The molecular formula is C28H34N4O3. The van der Waals surface area contributed by atoms with E-state index in [2.05, 4.69) is 70.7 Å². The Kier molecular flexibility index (Phi) is 8.32. The molecule has 0 spiro atoms. The molecule has 0 atom stereocenters. The van der Waals surface area contributed by atoms with Crippen molar-refractivity contribution in [1.29, 1.82) is 0 Å². The fourth-order valence-electron chi connectivity index (χ4n) is 4.41. The molecule has 0 unspecified atom stereocenters. The zero-order valence-electron chi connectivity index (χ0n) is 20.6. The van der Waals surface area contributed by atoms with Gasteiger partial charge in [-0.3, -0.25) is 15.0 Å². The Morgan fingerprint density at radius 1 is 1.03 bits per heavy atom. The first-order valence-electron chi connectivity index (χ1n) is 12.5. The van der Waals surface area contributed by atoms with Crippen LogP contribution in [0.1, 0.15) is 49.4 Å². The minimum atomic E-state index is -0.392. The van der Waals surface area contributed by atoms with Crippen molar-refractivity contribution >= 4 is 11.4 Å². The van der Waals surface area contributed by atoms with Crippen molar-refractivity contribution in [3.05, 3.63) is 81.5 Å². The van der Waals surface area contributed by atoms with Gasteiger partial charge in [0.05, 0.1) is 11.5 Å². The predicted molar refractivity (Wildman–Crippen MR) is 140 cm³/mol. The van der Waals surface area contributed by atoms with Crippen LogP contribution in [0.5, 0.6) is 5.88 Å². The monoisotopic (exact) mass is 474 g/mol. The van der Waals surface area contributed by atoms with E-state index in [1.807, 2.05) is 0 Å². The number of rotatable bonds is 11. The Bertz CT molecular complexity index is 1120. The predicted octanol–water partition coefficient (Wildman–Crippen LogP) is 6.35. The smallest absolute Gasteiger partial charge is 0.313 e. The number of nitro groups is 1. The molecule has 1 fully saturated rings. The van der Waals surface area contributed by atoms with Gasteiger partial charge < -0.3 is 10.1 Å².